The van der Waals surface area contributed by atoms with E-state index in [0.29, 0.717) is 6.42 Å². The minimum Gasteiger partial charge on any atom is -0.481 e. The summed E-state index contributed by atoms with van der Waals surface area (Å²) in [4.78, 5) is 24.1. The predicted molar refractivity (Wildman–Crippen MR) is 128 cm³/mol. The fourth-order valence-corrected chi connectivity index (χ4v) is 4.57. The predicted octanol–water partition coefficient (Wildman–Crippen LogP) is 4.72. The van der Waals surface area contributed by atoms with Crippen molar-refractivity contribution in [3.63, 3.8) is 0 Å². The zero-order valence-electron chi connectivity index (χ0n) is 20.1. The summed E-state index contributed by atoms with van der Waals surface area (Å²) < 4.78 is 0. The second-order valence-corrected chi connectivity index (χ2v) is 9.24. The van der Waals surface area contributed by atoms with Crippen LogP contribution in [0.1, 0.15) is 110 Å². The highest BCUT2D eigenvalue weighted by Gasteiger charge is 2.21. The molecule has 1 saturated heterocycles. The van der Waals surface area contributed by atoms with Crippen molar-refractivity contribution in [1.82, 2.24) is 15.5 Å². The molecule has 6 nitrogen and oxygen atoms in total. The first-order chi connectivity index (χ1) is 15.1. The molecular formula is C25H49N3O3. The molecule has 31 heavy (non-hydrogen) atoms. The molecule has 1 amide bonds. The quantitative estimate of drug-likeness (QED) is 0.239. The van der Waals surface area contributed by atoms with Gasteiger partial charge in [0.2, 0.25) is 5.91 Å². The summed E-state index contributed by atoms with van der Waals surface area (Å²) in [6, 6.07) is 0.801. The molecule has 1 atom stereocenters. The number of hydrogen-bond donors (Lipinski definition) is 3. The molecule has 1 heterocycles. The molecule has 0 bridgehead atoms. The number of carbonyl (C=O) groups is 2. The lowest BCUT2D eigenvalue weighted by Gasteiger charge is -2.36. The number of rotatable bonds is 20. The van der Waals surface area contributed by atoms with E-state index in [1.165, 1.54) is 90.1 Å². The highest BCUT2D eigenvalue weighted by molar-refractivity contribution is 5.72. The van der Waals surface area contributed by atoms with Crippen molar-refractivity contribution >= 4 is 11.9 Å². The molecule has 1 unspecified atom stereocenters. The van der Waals surface area contributed by atoms with Crippen LogP contribution in [0.2, 0.25) is 0 Å². The van der Waals surface area contributed by atoms with Gasteiger partial charge in [0.05, 0.1) is 0 Å². The molecule has 1 aliphatic rings. The molecule has 3 N–H and O–H groups in total. The normalized spacial score (nSPS) is 17.0. The molecule has 0 aromatic rings. The molecule has 0 saturated carbocycles. The maximum absolute atomic E-state index is 10.8. The standard InChI is InChI=1S/C25H49N3O3/c1-23(29)27-20-14-19-26-18-11-13-22-28-21-12-10-16-24(28)15-8-6-4-2-3-5-7-9-17-25(30)31/h24,26H,2-22H2,1H3,(H,27,29)(H,30,31). The molecular weight excluding hydrogens is 390 g/mol. The summed E-state index contributed by atoms with van der Waals surface area (Å²) in [6.07, 6.45) is 19.0. The van der Waals surface area contributed by atoms with Crippen molar-refractivity contribution in [2.24, 2.45) is 0 Å². The smallest absolute Gasteiger partial charge is 0.303 e. The zero-order chi connectivity index (χ0) is 22.6. The van der Waals surface area contributed by atoms with E-state index < -0.39 is 5.97 Å². The Morgan fingerprint density at radius 3 is 2.23 bits per heavy atom. The fraction of sp³-hybridized carbons (Fsp3) is 0.920. The van der Waals surface area contributed by atoms with Crippen molar-refractivity contribution in [2.75, 3.05) is 32.7 Å². The number of hydrogen-bond acceptors (Lipinski definition) is 4. The van der Waals surface area contributed by atoms with Crippen LogP contribution in [0.25, 0.3) is 0 Å². The van der Waals surface area contributed by atoms with Crippen LogP contribution in [0, 0.1) is 0 Å². The summed E-state index contributed by atoms with van der Waals surface area (Å²) >= 11 is 0. The average Bonchev–Trinajstić information content (AvgIpc) is 2.74. The van der Waals surface area contributed by atoms with E-state index in [4.69, 9.17) is 5.11 Å². The number of carboxylic acid groups (broad SMARTS) is 1. The number of aliphatic carboxylic acids is 1. The van der Waals surface area contributed by atoms with Crippen LogP contribution < -0.4 is 10.6 Å². The van der Waals surface area contributed by atoms with Crippen molar-refractivity contribution in [3.05, 3.63) is 0 Å². The Morgan fingerprint density at radius 2 is 1.52 bits per heavy atom. The van der Waals surface area contributed by atoms with Crippen molar-refractivity contribution < 1.29 is 14.7 Å². The second kappa shape index (κ2) is 19.5. The molecule has 6 heteroatoms. The van der Waals surface area contributed by atoms with Crippen LogP contribution in [-0.4, -0.2) is 60.6 Å². The van der Waals surface area contributed by atoms with E-state index in [2.05, 4.69) is 15.5 Å². The number of carbonyl (C=O) groups excluding carboxylic acids is 1. The average molecular weight is 440 g/mol. The molecule has 1 rings (SSSR count). The maximum Gasteiger partial charge on any atom is 0.303 e. The third kappa shape index (κ3) is 17.1. The van der Waals surface area contributed by atoms with Crippen molar-refractivity contribution in [1.29, 1.82) is 0 Å². The first kappa shape index (κ1) is 27.9. The molecule has 0 aliphatic carbocycles. The number of nitrogens with zero attached hydrogens (tertiary/aromatic N) is 1. The summed E-state index contributed by atoms with van der Waals surface area (Å²) in [5.74, 6) is -0.607. The highest BCUT2D eigenvalue weighted by atomic mass is 16.4. The van der Waals surface area contributed by atoms with Crippen molar-refractivity contribution in [3.8, 4) is 0 Å². The number of piperidine rings is 1. The summed E-state index contributed by atoms with van der Waals surface area (Å²) in [5, 5.41) is 15.0. The first-order valence-electron chi connectivity index (χ1n) is 13.0. The number of likely N-dealkylation sites (tertiary alicyclic amines) is 1. The molecule has 1 aliphatic heterocycles. The largest absolute Gasteiger partial charge is 0.481 e. The van der Waals surface area contributed by atoms with Crippen LogP contribution >= 0.6 is 0 Å². The van der Waals surface area contributed by atoms with Gasteiger partial charge in [-0.3, -0.25) is 9.59 Å². The summed E-state index contributed by atoms with van der Waals surface area (Å²) in [6.45, 7) is 6.92. The van der Waals surface area contributed by atoms with E-state index in [1.807, 2.05) is 0 Å². The Balaban J connectivity index is 1.96. The molecule has 0 aromatic carbocycles. The van der Waals surface area contributed by atoms with Gasteiger partial charge in [0, 0.05) is 25.9 Å². The van der Waals surface area contributed by atoms with Gasteiger partial charge in [0.25, 0.3) is 0 Å². The van der Waals surface area contributed by atoms with Crippen LogP contribution in [0.3, 0.4) is 0 Å². The van der Waals surface area contributed by atoms with Gasteiger partial charge in [-0.05, 0) is 71.1 Å². The Labute approximate surface area is 190 Å². The van der Waals surface area contributed by atoms with Gasteiger partial charge in [0.1, 0.15) is 0 Å². The molecule has 182 valence electrons. The van der Waals surface area contributed by atoms with Gasteiger partial charge in [0.15, 0.2) is 0 Å². The van der Waals surface area contributed by atoms with E-state index in [0.717, 1.165) is 44.9 Å². The molecule has 0 aromatic heterocycles. The third-order valence-corrected chi connectivity index (χ3v) is 6.38. The van der Waals surface area contributed by atoms with Crippen LogP contribution in [0.5, 0.6) is 0 Å². The van der Waals surface area contributed by atoms with Crippen LogP contribution in [0.15, 0.2) is 0 Å². The maximum atomic E-state index is 10.8. The fourth-order valence-electron chi connectivity index (χ4n) is 4.57. The lowest BCUT2D eigenvalue weighted by molar-refractivity contribution is -0.137. The van der Waals surface area contributed by atoms with Crippen molar-refractivity contribution in [2.45, 2.75) is 116 Å². The Hall–Kier alpha value is -1.14. The topological polar surface area (TPSA) is 81.7 Å². The Bertz CT molecular complexity index is 459. The second-order valence-electron chi connectivity index (χ2n) is 9.24. The first-order valence-corrected chi connectivity index (χ1v) is 13.0. The molecule has 0 spiro atoms. The van der Waals surface area contributed by atoms with E-state index in [9.17, 15) is 9.59 Å². The lowest BCUT2D eigenvalue weighted by Crippen LogP contribution is -2.40. The molecule has 0 radical (unpaired) electrons. The van der Waals surface area contributed by atoms with Gasteiger partial charge >= 0.3 is 5.97 Å². The zero-order valence-corrected chi connectivity index (χ0v) is 20.1. The van der Waals surface area contributed by atoms with Crippen LogP contribution in [0.4, 0.5) is 0 Å². The van der Waals surface area contributed by atoms with E-state index in [-0.39, 0.29) is 5.91 Å². The Kier molecular flexibility index (Phi) is 17.6. The van der Waals surface area contributed by atoms with Crippen LogP contribution in [-0.2, 0) is 9.59 Å². The number of carboxylic acids is 1. The van der Waals surface area contributed by atoms with Gasteiger partial charge in [-0.1, -0.05) is 51.4 Å². The number of unbranched alkanes of at least 4 members (excludes halogenated alkanes) is 8. The SMILES string of the molecule is CC(=O)NCCCNCCCCN1CCCCC1CCCCCCCCCCC(=O)O. The van der Waals surface area contributed by atoms with E-state index >= 15 is 0 Å². The summed E-state index contributed by atoms with van der Waals surface area (Å²) in [5.41, 5.74) is 0. The minimum absolute atomic E-state index is 0.0565. The van der Waals surface area contributed by atoms with Gasteiger partial charge < -0.3 is 20.6 Å². The number of amides is 1. The highest BCUT2D eigenvalue weighted by Crippen LogP contribution is 2.22. The lowest BCUT2D eigenvalue weighted by atomic mass is 9.96. The monoisotopic (exact) mass is 439 g/mol. The van der Waals surface area contributed by atoms with E-state index in [1.54, 1.807) is 6.92 Å². The number of nitrogens with one attached hydrogen (secondary N) is 2. The van der Waals surface area contributed by atoms with Gasteiger partial charge in [-0.2, -0.15) is 0 Å². The third-order valence-electron chi connectivity index (χ3n) is 6.38. The minimum atomic E-state index is -0.663. The molecule has 1 fully saturated rings. The van der Waals surface area contributed by atoms with Gasteiger partial charge in [-0.15, -0.1) is 0 Å². The van der Waals surface area contributed by atoms with Gasteiger partial charge in [-0.25, -0.2) is 0 Å². The Morgan fingerprint density at radius 1 is 0.839 bits per heavy atom. The summed E-state index contributed by atoms with van der Waals surface area (Å²) in [7, 11) is 0.